The zero-order chi connectivity index (χ0) is 21.3. The van der Waals surface area contributed by atoms with Crippen LogP contribution in [0, 0.1) is 0 Å². The van der Waals surface area contributed by atoms with Crippen molar-refractivity contribution in [1.82, 2.24) is 14.9 Å². The molecule has 1 aromatic heterocycles. The SMILES string of the molecule is COc1ncc(C(=O)N(C)C(C)c2ccc(C(F)(F)F)cc2)c(C(F)(F)F)n1. The van der Waals surface area contributed by atoms with Gasteiger partial charge in [-0.15, -0.1) is 0 Å². The first-order valence-electron chi connectivity index (χ1n) is 7.78. The summed E-state index contributed by atoms with van der Waals surface area (Å²) in [6, 6.07) is 2.63. The van der Waals surface area contributed by atoms with Crippen molar-refractivity contribution >= 4 is 5.91 Å². The summed E-state index contributed by atoms with van der Waals surface area (Å²) in [6.07, 6.45) is -8.75. The maximum absolute atomic E-state index is 13.2. The van der Waals surface area contributed by atoms with Gasteiger partial charge in [-0.1, -0.05) is 12.1 Å². The maximum atomic E-state index is 13.2. The molecule has 152 valence electrons. The van der Waals surface area contributed by atoms with Crippen molar-refractivity contribution in [2.75, 3.05) is 14.2 Å². The van der Waals surface area contributed by atoms with Gasteiger partial charge in [0.1, 0.15) is 0 Å². The summed E-state index contributed by atoms with van der Waals surface area (Å²) >= 11 is 0. The molecule has 0 aliphatic carbocycles. The number of nitrogens with zero attached hydrogens (tertiary/aromatic N) is 3. The maximum Gasteiger partial charge on any atom is 0.434 e. The van der Waals surface area contributed by atoms with Crippen LogP contribution in [0.3, 0.4) is 0 Å². The van der Waals surface area contributed by atoms with Gasteiger partial charge in [-0.2, -0.15) is 31.3 Å². The molecule has 0 radical (unpaired) electrons. The van der Waals surface area contributed by atoms with Gasteiger partial charge in [0.05, 0.1) is 24.3 Å². The molecule has 0 aliphatic heterocycles. The average molecular weight is 407 g/mol. The van der Waals surface area contributed by atoms with Crippen molar-refractivity contribution in [3.8, 4) is 6.01 Å². The number of alkyl halides is 6. The second-order valence-corrected chi connectivity index (χ2v) is 5.83. The molecule has 1 atom stereocenters. The smallest absolute Gasteiger partial charge is 0.434 e. The number of ether oxygens (including phenoxy) is 1. The van der Waals surface area contributed by atoms with Crippen LogP contribution in [0.25, 0.3) is 0 Å². The Labute approximate surface area is 156 Å². The van der Waals surface area contributed by atoms with Gasteiger partial charge in [-0.05, 0) is 24.6 Å². The fraction of sp³-hybridized carbons (Fsp3) is 0.353. The van der Waals surface area contributed by atoms with E-state index in [0.717, 1.165) is 36.3 Å². The standard InChI is InChI=1S/C17H15F6N3O2/c1-9(10-4-6-11(7-5-10)16(18,19)20)26(2)14(27)12-8-24-15(28-3)25-13(12)17(21,22)23/h4-9H,1-3H3. The van der Waals surface area contributed by atoms with Crippen molar-refractivity contribution in [1.29, 1.82) is 0 Å². The molecule has 0 fully saturated rings. The summed E-state index contributed by atoms with van der Waals surface area (Å²) in [4.78, 5) is 20.3. The van der Waals surface area contributed by atoms with Gasteiger partial charge in [0.25, 0.3) is 5.91 Å². The first-order valence-corrected chi connectivity index (χ1v) is 7.78. The molecule has 2 rings (SSSR count). The van der Waals surface area contributed by atoms with Crippen molar-refractivity contribution in [3.63, 3.8) is 0 Å². The van der Waals surface area contributed by atoms with Gasteiger partial charge in [-0.25, -0.2) is 4.98 Å². The van der Waals surface area contributed by atoms with Gasteiger partial charge < -0.3 is 9.64 Å². The van der Waals surface area contributed by atoms with Crippen LogP contribution in [-0.2, 0) is 12.4 Å². The molecule has 2 aromatic rings. The lowest BCUT2D eigenvalue weighted by Gasteiger charge is -2.26. The molecule has 0 spiro atoms. The highest BCUT2D eigenvalue weighted by Gasteiger charge is 2.39. The van der Waals surface area contributed by atoms with E-state index < -0.39 is 47.1 Å². The molecule has 0 saturated carbocycles. The lowest BCUT2D eigenvalue weighted by molar-refractivity contribution is -0.142. The van der Waals surface area contributed by atoms with Crippen molar-refractivity contribution < 1.29 is 35.9 Å². The lowest BCUT2D eigenvalue weighted by atomic mass is 10.0. The monoisotopic (exact) mass is 407 g/mol. The van der Waals surface area contributed by atoms with Crippen LogP contribution in [-0.4, -0.2) is 34.9 Å². The largest absolute Gasteiger partial charge is 0.467 e. The molecule has 5 nitrogen and oxygen atoms in total. The fourth-order valence-electron chi connectivity index (χ4n) is 2.38. The molecule has 0 aliphatic rings. The highest BCUT2D eigenvalue weighted by atomic mass is 19.4. The number of benzene rings is 1. The number of rotatable bonds is 4. The third-order valence-electron chi connectivity index (χ3n) is 4.07. The van der Waals surface area contributed by atoms with Crippen LogP contribution in [0.4, 0.5) is 26.3 Å². The highest BCUT2D eigenvalue weighted by Crippen LogP contribution is 2.33. The minimum absolute atomic E-state index is 0.312. The third-order valence-corrected chi connectivity index (χ3v) is 4.07. The fourth-order valence-corrected chi connectivity index (χ4v) is 2.38. The van der Waals surface area contributed by atoms with Crippen LogP contribution in [0.5, 0.6) is 6.01 Å². The number of amides is 1. The van der Waals surface area contributed by atoms with Crippen LogP contribution in [0.15, 0.2) is 30.5 Å². The quantitative estimate of drug-likeness (QED) is 0.707. The molecule has 1 heterocycles. The van der Waals surface area contributed by atoms with Crippen LogP contribution >= 0.6 is 0 Å². The summed E-state index contributed by atoms with van der Waals surface area (Å²) in [5.41, 5.74) is -2.82. The Bertz CT molecular complexity index is 849. The Morgan fingerprint density at radius 3 is 2.11 bits per heavy atom. The number of methoxy groups -OCH3 is 1. The van der Waals surface area contributed by atoms with E-state index in [2.05, 4.69) is 14.7 Å². The summed E-state index contributed by atoms with van der Waals surface area (Å²) in [7, 11) is 2.31. The zero-order valence-electron chi connectivity index (χ0n) is 14.9. The molecule has 1 amide bonds. The Kier molecular flexibility index (Phi) is 5.86. The molecule has 0 bridgehead atoms. The Morgan fingerprint density at radius 1 is 1.07 bits per heavy atom. The number of carbonyl (C=O) groups excluding carboxylic acids is 1. The van der Waals surface area contributed by atoms with Gasteiger partial charge in [0, 0.05) is 13.2 Å². The third kappa shape index (κ3) is 4.52. The van der Waals surface area contributed by atoms with Gasteiger partial charge in [-0.3, -0.25) is 4.79 Å². The normalized spacial score (nSPS) is 13.2. The van der Waals surface area contributed by atoms with E-state index in [1.807, 2.05) is 0 Å². The number of hydrogen-bond acceptors (Lipinski definition) is 4. The summed E-state index contributed by atoms with van der Waals surface area (Å²) in [5, 5.41) is 0. The predicted octanol–water partition coefficient (Wildman–Crippen LogP) is 4.36. The van der Waals surface area contributed by atoms with E-state index in [1.54, 1.807) is 0 Å². The van der Waals surface area contributed by atoms with Gasteiger partial charge in [0.2, 0.25) is 0 Å². The van der Waals surface area contributed by atoms with Crippen LogP contribution in [0.1, 0.15) is 40.1 Å². The van der Waals surface area contributed by atoms with Crippen molar-refractivity contribution in [2.45, 2.75) is 25.3 Å². The Hall–Kier alpha value is -2.85. The number of hydrogen-bond donors (Lipinski definition) is 0. The molecule has 1 aromatic carbocycles. The summed E-state index contributed by atoms with van der Waals surface area (Å²) in [5.74, 6) is -1.04. The van der Waals surface area contributed by atoms with E-state index >= 15 is 0 Å². The van der Waals surface area contributed by atoms with Crippen molar-refractivity contribution in [3.05, 3.63) is 52.8 Å². The average Bonchev–Trinajstić information content (AvgIpc) is 2.64. The molecule has 1 unspecified atom stereocenters. The first-order chi connectivity index (χ1) is 12.9. The van der Waals surface area contributed by atoms with E-state index in [9.17, 15) is 31.1 Å². The van der Waals surface area contributed by atoms with E-state index in [1.165, 1.54) is 14.0 Å². The zero-order valence-corrected chi connectivity index (χ0v) is 14.9. The second-order valence-electron chi connectivity index (χ2n) is 5.83. The summed E-state index contributed by atoms with van der Waals surface area (Å²) in [6.45, 7) is 1.47. The molecule has 0 saturated heterocycles. The van der Waals surface area contributed by atoms with Crippen molar-refractivity contribution in [2.24, 2.45) is 0 Å². The molecule has 11 heteroatoms. The van der Waals surface area contributed by atoms with Crippen LogP contribution in [0.2, 0.25) is 0 Å². The minimum Gasteiger partial charge on any atom is -0.467 e. The lowest BCUT2D eigenvalue weighted by Crippen LogP contribution is -2.32. The number of aromatic nitrogens is 2. The number of halogens is 6. The van der Waals surface area contributed by atoms with Gasteiger partial charge >= 0.3 is 18.4 Å². The van der Waals surface area contributed by atoms with E-state index in [0.29, 0.717) is 11.8 Å². The molecular weight excluding hydrogens is 392 g/mol. The summed E-state index contributed by atoms with van der Waals surface area (Å²) < 4.78 is 82.3. The topological polar surface area (TPSA) is 55.3 Å². The Balaban J connectivity index is 2.34. The molecular formula is C17H15F6N3O2. The number of carbonyl (C=O) groups is 1. The predicted molar refractivity (Wildman–Crippen MR) is 85.5 cm³/mol. The van der Waals surface area contributed by atoms with Crippen LogP contribution < -0.4 is 4.74 Å². The van der Waals surface area contributed by atoms with E-state index in [-0.39, 0.29) is 0 Å². The molecule has 28 heavy (non-hydrogen) atoms. The Morgan fingerprint density at radius 2 is 1.64 bits per heavy atom. The second kappa shape index (κ2) is 7.64. The van der Waals surface area contributed by atoms with E-state index in [4.69, 9.17) is 0 Å². The highest BCUT2D eigenvalue weighted by molar-refractivity contribution is 5.95. The minimum atomic E-state index is -4.93. The van der Waals surface area contributed by atoms with Gasteiger partial charge in [0.15, 0.2) is 5.69 Å². The first kappa shape index (κ1) is 21.5. The molecule has 0 N–H and O–H groups in total.